The van der Waals surface area contributed by atoms with Crippen molar-refractivity contribution < 1.29 is 27.8 Å². The summed E-state index contributed by atoms with van der Waals surface area (Å²) < 4.78 is 40.7. The summed E-state index contributed by atoms with van der Waals surface area (Å²) >= 11 is 0. The van der Waals surface area contributed by atoms with Gasteiger partial charge in [0, 0.05) is 17.7 Å². The maximum Gasteiger partial charge on any atom is 0.573 e. The second-order valence-corrected chi connectivity index (χ2v) is 4.67. The van der Waals surface area contributed by atoms with Crippen LogP contribution >= 0.6 is 0 Å². The number of benzene rings is 2. The topological polar surface area (TPSA) is 58.6 Å². The largest absolute Gasteiger partial charge is 0.573 e. The number of aromatic hydroxyl groups is 1. The fourth-order valence-corrected chi connectivity index (χ4v) is 2.03. The van der Waals surface area contributed by atoms with E-state index in [4.69, 9.17) is 0 Å². The van der Waals surface area contributed by atoms with Crippen molar-refractivity contribution >= 4 is 5.91 Å². The van der Waals surface area contributed by atoms with Crippen LogP contribution in [0.3, 0.4) is 0 Å². The van der Waals surface area contributed by atoms with E-state index >= 15 is 0 Å². The Hall–Kier alpha value is -2.70. The van der Waals surface area contributed by atoms with Crippen molar-refractivity contribution in [3.05, 3.63) is 48.0 Å². The Morgan fingerprint density at radius 1 is 1.22 bits per heavy atom. The Morgan fingerprint density at radius 3 is 2.61 bits per heavy atom. The summed E-state index contributed by atoms with van der Waals surface area (Å²) in [5.41, 5.74) is 0.877. The highest BCUT2D eigenvalue weighted by Gasteiger charge is 2.31. The van der Waals surface area contributed by atoms with Gasteiger partial charge in [0.2, 0.25) is 0 Å². The van der Waals surface area contributed by atoms with Gasteiger partial charge in [-0.2, -0.15) is 0 Å². The molecule has 23 heavy (non-hydrogen) atoms. The van der Waals surface area contributed by atoms with Gasteiger partial charge >= 0.3 is 6.36 Å². The molecular formula is C16H14F3NO3. The zero-order chi connectivity index (χ0) is 17.0. The van der Waals surface area contributed by atoms with Gasteiger partial charge in [-0.1, -0.05) is 12.1 Å². The number of phenolic OH excluding ortho intramolecular Hbond substituents is 1. The fourth-order valence-electron chi connectivity index (χ4n) is 2.03. The van der Waals surface area contributed by atoms with Gasteiger partial charge in [0.1, 0.15) is 11.5 Å². The molecule has 0 aromatic heterocycles. The number of carbonyl (C=O) groups is 1. The van der Waals surface area contributed by atoms with Gasteiger partial charge in [-0.25, -0.2) is 0 Å². The number of carbonyl (C=O) groups excluding carboxylic acids is 1. The quantitative estimate of drug-likeness (QED) is 0.901. The summed E-state index contributed by atoms with van der Waals surface area (Å²) in [5, 5.41) is 12.5. The lowest BCUT2D eigenvalue weighted by Crippen LogP contribution is -2.22. The van der Waals surface area contributed by atoms with Crippen LogP contribution in [0.25, 0.3) is 11.1 Å². The lowest BCUT2D eigenvalue weighted by Gasteiger charge is -2.12. The number of amides is 1. The van der Waals surface area contributed by atoms with Crippen molar-refractivity contribution in [3.8, 4) is 22.6 Å². The van der Waals surface area contributed by atoms with Crippen molar-refractivity contribution in [1.82, 2.24) is 5.32 Å². The molecule has 0 aliphatic rings. The predicted molar refractivity (Wildman–Crippen MR) is 78.2 cm³/mol. The third-order valence-electron chi connectivity index (χ3n) is 2.97. The molecule has 2 aromatic carbocycles. The normalized spacial score (nSPS) is 11.1. The minimum Gasteiger partial charge on any atom is -0.507 e. The molecule has 1 amide bonds. The number of hydrogen-bond donors (Lipinski definition) is 2. The number of alkyl halides is 3. The molecule has 0 saturated carbocycles. The number of ether oxygens (including phenoxy) is 1. The minimum atomic E-state index is -4.82. The van der Waals surface area contributed by atoms with Gasteiger partial charge in [0.15, 0.2) is 0 Å². The smallest absolute Gasteiger partial charge is 0.507 e. The molecule has 0 atom stereocenters. The zero-order valence-corrected chi connectivity index (χ0v) is 12.1. The van der Waals surface area contributed by atoms with E-state index in [-0.39, 0.29) is 17.2 Å². The third kappa shape index (κ3) is 4.38. The van der Waals surface area contributed by atoms with E-state index in [1.54, 1.807) is 25.1 Å². The van der Waals surface area contributed by atoms with Crippen LogP contribution in [0.1, 0.15) is 17.3 Å². The van der Waals surface area contributed by atoms with E-state index in [0.29, 0.717) is 17.7 Å². The van der Waals surface area contributed by atoms with Crippen LogP contribution in [0.4, 0.5) is 13.2 Å². The maximum absolute atomic E-state index is 12.3. The molecule has 0 heterocycles. The molecule has 0 saturated heterocycles. The number of phenols is 1. The number of hydrogen-bond acceptors (Lipinski definition) is 3. The third-order valence-corrected chi connectivity index (χ3v) is 2.97. The summed E-state index contributed by atoms with van der Waals surface area (Å²) in [6.45, 7) is 2.22. The van der Waals surface area contributed by atoms with E-state index in [1.165, 1.54) is 6.07 Å². The molecule has 0 aliphatic heterocycles. The van der Waals surface area contributed by atoms with E-state index in [9.17, 15) is 23.1 Å². The first-order chi connectivity index (χ1) is 10.8. The highest BCUT2D eigenvalue weighted by molar-refractivity contribution is 5.95. The molecule has 2 N–H and O–H groups in total. The van der Waals surface area contributed by atoms with Gasteiger partial charge in [-0.15, -0.1) is 13.2 Å². The Bertz CT molecular complexity index is 714. The van der Waals surface area contributed by atoms with E-state index in [2.05, 4.69) is 10.1 Å². The highest BCUT2D eigenvalue weighted by atomic mass is 19.4. The first kappa shape index (κ1) is 16.7. The second kappa shape index (κ2) is 6.60. The maximum atomic E-state index is 12.3. The van der Waals surface area contributed by atoms with Crippen LogP contribution < -0.4 is 10.1 Å². The zero-order valence-electron chi connectivity index (χ0n) is 12.1. The van der Waals surface area contributed by atoms with Gasteiger partial charge in [0.25, 0.3) is 5.91 Å². The number of nitrogens with one attached hydrogen (secondary N) is 1. The lowest BCUT2D eigenvalue weighted by molar-refractivity contribution is -0.274. The fraction of sp³-hybridized carbons (Fsp3) is 0.188. The molecule has 122 valence electrons. The molecule has 7 heteroatoms. The molecule has 2 aromatic rings. The average Bonchev–Trinajstić information content (AvgIpc) is 2.48. The van der Waals surface area contributed by atoms with Crippen LogP contribution in [0.15, 0.2) is 42.5 Å². The molecule has 0 unspecified atom stereocenters. The molecule has 4 nitrogen and oxygen atoms in total. The van der Waals surface area contributed by atoms with E-state index < -0.39 is 12.1 Å². The Morgan fingerprint density at radius 2 is 1.96 bits per heavy atom. The molecule has 0 fully saturated rings. The van der Waals surface area contributed by atoms with Gasteiger partial charge < -0.3 is 15.2 Å². The first-order valence-corrected chi connectivity index (χ1v) is 6.77. The van der Waals surface area contributed by atoms with Gasteiger partial charge in [-0.05, 0) is 42.8 Å². The molecule has 0 bridgehead atoms. The highest BCUT2D eigenvalue weighted by Crippen LogP contribution is 2.34. The number of rotatable bonds is 4. The number of halogens is 3. The minimum absolute atomic E-state index is 0.137. The SMILES string of the molecule is CCNC(=O)c1cccc(-c2cc(OC(F)(F)F)ccc2O)c1. The van der Waals surface area contributed by atoms with Crippen molar-refractivity contribution in [3.63, 3.8) is 0 Å². The molecule has 0 radical (unpaired) electrons. The van der Waals surface area contributed by atoms with E-state index in [0.717, 1.165) is 18.2 Å². The lowest BCUT2D eigenvalue weighted by atomic mass is 10.0. The molecule has 0 spiro atoms. The van der Waals surface area contributed by atoms with Crippen molar-refractivity contribution in [1.29, 1.82) is 0 Å². The Kier molecular flexibility index (Phi) is 4.78. The Balaban J connectivity index is 2.39. The molecule has 2 rings (SSSR count). The standard InChI is InChI=1S/C16H14F3NO3/c1-2-20-15(22)11-5-3-4-10(8-11)13-9-12(6-7-14(13)21)23-16(17,18)19/h3-9,21H,2H2,1H3,(H,20,22). The summed E-state index contributed by atoms with van der Waals surface area (Å²) in [6.07, 6.45) is -4.82. The first-order valence-electron chi connectivity index (χ1n) is 6.77. The van der Waals surface area contributed by atoms with Crippen LogP contribution in [-0.2, 0) is 0 Å². The van der Waals surface area contributed by atoms with Crippen molar-refractivity contribution in [2.75, 3.05) is 6.54 Å². The van der Waals surface area contributed by atoms with Crippen LogP contribution in [0.5, 0.6) is 11.5 Å². The summed E-state index contributed by atoms with van der Waals surface area (Å²) in [5.74, 6) is -0.974. The summed E-state index contributed by atoms with van der Waals surface area (Å²) in [4.78, 5) is 11.8. The van der Waals surface area contributed by atoms with Crippen LogP contribution in [-0.4, -0.2) is 23.9 Å². The molecular weight excluding hydrogens is 311 g/mol. The van der Waals surface area contributed by atoms with Gasteiger partial charge in [-0.3, -0.25) is 4.79 Å². The molecule has 0 aliphatic carbocycles. The van der Waals surface area contributed by atoms with Crippen molar-refractivity contribution in [2.45, 2.75) is 13.3 Å². The van der Waals surface area contributed by atoms with E-state index in [1.807, 2.05) is 0 Å². The Labute approximate surface area is 130 Å². The summed E-state index contributed by atoms with van der Waals surface area (Å²) in [7, 11) is 0. The summed E-state index contributed by atoms with van der Waals surface area (Å²) in [6, 6.07) is 9.40. The van der Waals surface area contributed by atoms with Crippen LogP contribution in [0, 0.1) is 0 Å². The van der Waals surface area contributed by atoms with Crippen molar-refractivity contribution in [2.24, 2.45) is 0 Å². The predicted octanol–water partition coefficient (Wildman–Crippen LogP) is 3.71. The average molecular weight is 325 g/mol. The second-order valence-electron chi connectivity index (χ2n) is 4.67. The van der Waals surface area contributed by atoms with Crippen LogP contribution in [0.2, 0.25) is 0 Å². The van der Waals surface area contributed by atoms with Gasteiger partial charge in [0.05, 0.1) is 0 Å². The monoisotopic (exact) mass is 325 g/mol.